The average molecular weight is 411 g/mol. The van der Waals surface area contributed by atoms with E-state index in [4.69, 9.17) is 0 Å². The fraction of sp³-hybridized carbons (Fsp3) is 0.320. The molecule has 0 unspecified atom stereocenters. The van der Waals surface area contributed by atoms with Crippen LogP contribution in [0, 0.1) is 12.3 Å². The highest BCUT2D eigenvalue weighted by Crippen LogP contribution is 2.49. The zero-order valence-corrected chi connectivity index (χ0v) is 17.7. The summed E-state index contributed by atoms with van der Waals surface area (Å²) in [5.74, 6) is 0.963. The number of anilines is 1. The Hall–Kier alpha value is -3.25. The van der Waals surface area contributed by atoms with E-state index in [9.17, 15) is 0 Å². The third-order valence-corrected chi connectivity index (χ3v) is 6.77. The van der Waals surface area contributed by atoms with Gasteiger partial charge < -0.3 is 5.32 Å². The molecule has 1 saturated heterocycles. The molecule has 31 heavy (non-hydrogen) atoms. The molecule has 6 heteroatoms. The van der Waals surface area contributed by atoms with E-state index in [1.807, 2.05) is 29.1 Å². The van der Waals surface area contributed by atoms with Crippen LogP contribution >= 0.6 is 0 Å². The topological polar surface area (TPSA) is 58.9 Å². The Labute approximate surface area is 181 Å². The van der Waals surface area contributed by atoms with Gasteiger partial charge in [0, 0.05) is 42.8 Å². The molecule has 1 aliphatic carbocycles. The van der Waals surface area contributed by atoms with Gasteiger partial charge in [0.05, 0.1) is 17.4 Å². The Kier molecular flexibility index (Phi) is 4.28. The first-order valence-electron chi connectivity index (χ1n) is 11.0. The van der Waals surface area contributed by atoms with Crippen LogP contribution in [0.25, 0.3) is 16.6 Å². The summed E-state index contributed by atoms with van der Waals surface area (Å²) in [7, 11) is 0. The van der Waals surface area contributed by atoms with E-state index in [0.717, 1.165) is 29.0 Å². The fourth-order valence-corrected chi connectivity index (χ4v) is 5.33. The lowest BCUT2D eigenvalue weighted by Crippen LogP contribution is -2.64. The molecule has 0 bridgehead atoms. The first-order chi connectivity index (χ1) is 15.2. The number of nitrogens with zero attached hydrogens (tertiary/aromatic N) is 5. The monoisotopic (exact) mass is 410 g/mol. The minimum absolute atomic E-state index is 0.479. The fourth-order valence-electron chi connectivity index (χ4n) is 5.33. The molecule has 2 aromatic carbocycles. The van der Waals surface area contributed by atoms with Gasteiger partial charge in [-0.25, -0.2) is 14.6 Å². The summed E-state index contributed by atoms with van der Waals surface area (Å²) in [6.45, 7) is 5.44. The molecule has 0 atom stereocenters. The van der Waals surface area contributed by atoms with Crippen LogP contribution in [0.4, 0.5) is 5.82 Å². The van der Waals surface area contributed by atoms with E-state index in [0.29, 0.717) is 11.5 Å². The van der Waals surface area contributed by atoms with Crippen LogP contribution in [0.1, 0.15) is 24.0 Å². The summed E-state index contributed by atoms with van der Waals surface area (Å²) in [4.78, 5) is 11.4. The second-order valence-electron chi connectivity index (χ2n) is 9.21. The maximum absolute atomic E-state index is 4.58. The highest BCUT2D eigenvalue weighted by Gasteiger charge is 2.52. The molecule has 6 nitrogen and oxygen atoms in total. The molecule has 2 fully saturated rings. The Morgan fingerprint density at radius 2 is 1.84 bits per heavy atom. The van der Waals surface area contributed by atoms with E-state index in [1.54, 1.807) is 6.33 Å². The molecule has 1 saturated carbocycles. The predicted octanol–water partition coefficient (Wildman–Crippen LogP) is 4.20. The van der Waals surface area contributed by atoms with Crippen molar-refractivity contribution in [2.75, 3.05) is 18.4 Å². The van der Waals surface area contributed by atoms with Gasteiger partial charge in [-0.3, -0.25) is 4.90 Å². The van der Waals surface area contributed by atoms with Gasteiger partial charge in [0.1, 0.15) is 12.1 Å². The second-order valence-corrected chi connectivity index (χ2v) is 9.21. The lowest BCUT2D eigenvalue weighted by molar-refractivity contribution is -0.0712. The van der Waals surface area contributed by atoms with Crippen molar-refractivity contribution in [1.82, 2.24) is 24.6 Å². The lowest BCUT2D eigenvalue weighted by atomic mass is 9.60. The molecule has 6 rings (SSSR count). The highest BCUT2D eigenvalue weighted by atomic mass is 15.3. The summed E-state index contributed by atoms with van der Waals surface area (Å²) >= 11 is 0. The van der Waals surface area contributed by atoms with Crippen molar-refractivity contribution in [3.63, 3.8) is 0 Å². The number of nitrogens with one attached hydrogen (secondary N) is 1. The normalized spacial score (nSPS) is 18.1. The standard InChI is InChI=1S/C25H26N6/c1-18-6-2-5-9-23(18)31-14-19(12-28-31)13-30-15-25(16-30)10-20(11-25)29-24-21-7-3-4-8-22(21)26-17-27-24/h2-9,12,14,17,20H,10-11,13,15-16H2,1H3,(H,26,27,29). The van der Waals surface area contributed by atoms with Gasteiger partial charge in [0.25, 0.3) is 0 Å². The van der Waals surface area contributed by atoms with Crippen molar-refractivity contribution in [2.24, 2.45) is 5.41 Å². The minimum Gasteiger partial charge on any atom is -0.367 e. The maximum atomic E-state index is 4.58. The molecule has 1 spiro atoms. The number of likely N-dealkylation sites (tertiary alicyclic amines) is 1. The first kappa shape index (κ1) is 18.5. The van der Waals surface area contributed by atoms with Gasteiger partial charge >= 0.3 is 0 Å². The molecule has 1 aliphatic heterocycles. The lowest BCUT2D eigenvalue weighted by Gasteiger charge is -2.59. The predicted molar refractivity (Wildman–Crippen MR) is 122 cm³/mol. The van der Waals surface area contributed by atoms with Crippen molar-refractivity contribution in [3.8, 4) is 5.69 Å². The van der Waals surface area contributed by atoms with E-state index in [2.05, 4.69) is 68.7 Å². The van der Waals surface area contributed by atoms with Crippen LogP contribution < -0.4 is 5.32 Å². The summed E-state index contributed by atoms with van der Waals surface area (Å²) in [5, 5.41) is 9.34. The number of aryl methyl sites for hydroxylation is 1. The van der Waals surface area contributed by atoms with Crippen molar-refractivity contribution in [1.29, 1.82) is 0 Å². The van der Waals surface area contributed by atoms with Crippen molar-refractivity contribution >= 4 is 16.7 Å². The van der Waals surface area contributed by atoms with Gasteiger partial charge in [0.2, 0.25) is 0 Å². The van der Waals surface area contributed by atoms with Crippen LogP contribution in [0.2, 0.25) is 0 Å². The number of hydrogen-bond acceptors (Lipinski definition) is 5. The van der Waals surface area contributed by atoms with Crippen LogP contribution in [-0.4, -0.2) is 43.8 Å². The van der Waals surface area contributed by atoms with Gasteiger partial charge in [0.15, 0.2) is 0 Å². The van der Waals surface area contributed by atoms with E-state index in [-0.39, 0.29) is 0 Å². The largest absolute Gasteiger partial charge is 0.367 e. The molecule has 156 valence electrons. The van der Waals surface area contributed by atoms with Crippen molar-refractivity contribution in [3.05, 3.63) is 78.4 Å². The van der Waals surface area contributed by atoms with Gasteiger partial charge in [-0.1, -0.05) is 30.3 Å². The number of benzene rings is 2. The first-order valence-corrected chi connectivity index (χ1v) is 11.0. The van der Waals surface area contributed by atoms with Gasteiger partial charge in [-0.05, 0) is 48.9 Å². The number of aromatic nitrogens is 4. The molecule has 0 radical (unpaired) electrons. The maximum Gasteiger partial charge on any atom is 0.137 e. The Bertz CT molecular complexity index is 1230. The SMILES string of the molecule is Cc1ccccc1-n1cc(CN2CC3(CC(Nc4ncnc5ccccc45)C3)C2)cn1. The smallest absolute Gasteiger partial charge is 0.137 e. The average Bonchev–Trinajstić information content (AvgIpc) is 3.19. The Morgan fingerprint density at radius 3 is 2.71 bits per heavy atom. The number of hydrogen-bond donors (Lipinski definition) is 1. The molecule has 3 heterocycles. The van der Waals surface area contributed by atoms with E-state index in [1.165, 1.54) is 37.1 Å². The zero-order valence-electron chi connectivity index (χ0n) is 17.7. The number of fused-ring (bicyclic) bond motifs is 1. The van der Waals surface area contributed by atoms with Crippen LogP contribution in [0.3, 0.4) is 0 Å². The molecule has 1 N–H and O–H groups in total. The molecule has 2 aliphatic rings. The van der Waals surface area contributed by atoms with Crippen molar-refractivity contribution < 1.29 is 0 Å². The second kappa shape index (κ2) is 7.17. The third-order valence-electron chi connectivity index (χ3n) is 6.77. The Morgan fingerprint density at radius 1 is 1.03 bits per heavy atom. The van der Waals surface area contributed by atoms with Gasteiger partial charge in [-0.15, -0.1) is 0 Å². The van der Waals surface area contributed by atoms with Crippen LogP contribution in [-0.2, 0) is 6.54 Å². The van der Waals surface area contributed by atoms with E-state index >= 15 is 0 Å². The highest BCUT2D eigenvalue weighted by molar-refractivity contribution is 5.88. The molecular formula is C25H26N6. The minimum atomic E-state index is 0.479. The van der Waals surface area contributed by atoms with Crippen molar-refractivity contribution in [2.45, 2.75) is 32.4 Å². The molecule has 0 amide bonds. The quantitative estimate of drug-likeness (QED) is 0.534. The third kappa shape index (κ3) is 3.37. The number of rotatable bonds is 5. The summed E-state index contributed by atoms with van der Waals surface area (Å²) in [6, 6.07) is 17.1. The van der Waals surface area contributed by atoms with Gasteiger partial charge in [-0.2, -0.15) is 5.10 Å². The summed E-state index contributed by atoms with van der Waals surface area (Å²) < 4.78 is 2.00. The van der Waals surface area contributed by atoms with Crippen LogP contribution in [0.15, 0.2) is 67.3 Å². The zero-order chi connectivity index (χ0) is 20.8. The molecule has 4 aromatic rings. The van der Waals surface area contributed by atoms with E-state index < -0.39 is 0 Å². The molecule has 2 aromatic heterocycles. The van der Waals surface area contributed by atoms with Crippen LogP contribution in [0.5, 0.6) is 0 Å². The molecular weight excluding hydrogens is 384 g/mol. The summed E-state index contributed by atoms with van der Waals surface area (Å²) in [6.07, 6.45) is 8.25. The Balaban J connectivity index is 1.04. The summed E-state index contributed by atoms with van der Waals surface area (Å²) in [5.41, 5.74) is 5.14. The number of para-hydroxylation sites is 2.